The first-order chi connectivity index (χ1) is 11.4. The lowest BCUT2D eigenvalue weighted by molar-refractivity contribution is -0.208. The van der Waals surface area contributed by atoms with Crippen molar-refractivity contribution in [3.8, 4) is 0 Å². The van der Waals surface area contributed by atoms with Crippen LogP contribution in [0.3, 0.4) is 0 Å². The second kappa shape index (κ2) is 8.10. The smallest absolute Gasteiger partial charge is 0.303 e. The lowest BCUT2D eigenvalue weighted by Crippen LogP contribution is -2.49. The van der Waals surface area contributed by atoms with Crippen LogP contribution in [0.2, 0.25) is 0 Å². The molecule has 0 bridgehead atoms. The summed E-state index contributed by atoms with van der Waals surface area (Å²) in [6.07, 6.45) is 3.18. The van der Waals surface area contributed by atoms with Crippen molar-refractivity contribution in [3.05, 3.63) is 24.0 Å². The summed E-state index contributed by atoms with van der Waals surface area (Å²) >= 11 is 0. The van der Waals surface area contributed by atoms with E-state index in [1.807, 2.05) is 6.92 Å². The van der Waals surface area contributed by atoms with Gasteiger partial charge < -0.3 is 19.9 Å². The Balaban J connectivity index is 2.30. The first-order valence-corrected chi connectivity index (χ1v) is 8.11. The average Bonchev–Trinajstić information content (AvgIpc) is 2.50. The zero-order chi connectivity index (χ0) is 17.7. The number of nitrogens with zero attached hydrogens (tertiary/aromatic N) is 1. The number of hydrogen-bond donors (Lipinski definition) is 1. The van der Waals surface area contributed by atoms with Crippen LogP contribution >= 0.6 is 0 Å². The highest BCUT2D eigenvalue weighted by Gasteiger charge is 2.43. The molecule has 1 saturated heterocycles. The van der Waals surface area contributed by atoms with E-state index >= 15 is 0 Å². The molecular weight excluding hydrogens is 312 g/mol. The molecule has 0 aromatic carbocycles. The van der Waals surface area contributed by atoms with Crippen molar-refractivity contribution in [1.82, 2.24) is 4.98 Å². The van der Waals surface area contributed by atoms with Gasteiger partial charge in [-0.15, -0.1) is 0 Å². The fourth-order valence-corrected chi connectivity index (χ4v) is 3.03. The van der Waals surface area contributed by atoms with Crippen LogP contribution in [0.5, 0.6) is 0 Å². The lowest BCUT2D eigenvalue weighted by atomic mass is 9.91. The molecule has 132 valence electrons. The van der Waals surface area contributed by atoms with E-state index in [1.165, 1.54) is 13.8 Å². The van der Waals surface area contributed by atoms with E-state index in [1.54, 1.807) is 18.5 Å². The number of anilines is 1. The predicted molar refractivity (Wildman–Crippen MR) is 86.9 cm³/mol. The van der Waals surface area contributed by atoms with Gasteiger partial charge >= 0.3 is 11.9 Å². The lowest BCUT2D eigenvalue weighted by Gasteiger charge is -2.41. The Kier molecular flexibility index (Phi) is 6.14. The summed E-state index contributed by atoms with van der Waals surface area (Å²) < 4.78 is 17.0. The third-order valence-electron chi connectivity index (χ3n) is 3.94. The Morgan fingerprint density at radius 2 is 2.04 bits per heavy atom. The van der Waals surface area contributed by atoms with Gasteiger partial charge in [0.05, 0.1) is 24.1 Å². The highest BCUT2D eigenvalue weighted by molar-refractivity contribution is 5.67. The molecule has 1 aromatic heterocycles. The monoisotopic (exact) mass is 336 g/mol. The maximum Gasteiger partial charge on any atom is 0.303 e. The van der Waals surface area contributed by atoms with Crippen LogP contribution in [-0.4, -0.2) is 35.2 Å². The van der Waals surface area contributed by atoms with Gasteiger partial charge in [-0.1, -0.05) is 13.3 Å². The number of ether oxygens (including phenoxy) is 3. The van der Waals surface area contributed by atoms with Gasteiger partial charge in [0.15, 0.2) is 6.10 Å². The van der Waals surface area contributed by atoms with Gasteiger partial charge in [0.25, 0.3) is 0 Å². The van der Waals surface area contributed by atoms with E-state index in [-0.39, 0.29) is 12.2 Å². The van der Waals surface area contributed by atoms with E-state index in [9.17, 15) is 9.59 Å². The SMILES string of the molecule is CCC[C@H]1O[C@@H](c2ccncc2N)C[C@@H](OC(C)=O)[C@@H]1OC(C)=O. The van der Waals surface area contributed by atoms with Crippen molar-refractivity contribution < 1.29 is 23.8 Å². The van der Waals surface area contributed by atoms with Crippen molar-refractivity contribution in [2.75, 3.05) is 5.73 Å². The van der Waals surface area contributed by atoms with Crippen molar-refractivity contribution in [2.45, 2.75) is 64.4 Å². The summed E-state index contributed by atoms with van der Waals surface area (Å²) in [4.78, 5) is 26.9. The molecular formula is C17H24N2O5. The maximum absolute atomic E-state index is 11.5. The quantitative estimate of drug-likeness (QED) is 0.822. The number of carbonyl (C=O) groups excluding carboxylic acids is 2. The number of carbonyl (C=O) groups is 2. The molecule has 1 fully saturated rings. The van der Waals surface area contributed by atoms with Gasteiger partial charge in [0.1, 0.15) is 6.10 Å². The molecule has 0 spiro atoms. The Morgan fingerprint density at radius 3 is 2.62 bits per heavy atom. The normalized spacial score (nSPS) is 26.6. The molecule has 1 aromatic rings. The van der Waals surface area contributed by atoms with Crippen molar-refractivity contribution in [2.24, 2.45) is 0 Å². The highest BCUT2D eigenvalue weighted by atomic mass is 16.6. The molecule has 0 aliphatic carbocycles. The molecule has 1 aliphatic rings. The summed E-state index contributed by atoms with van der Waals surface area (Å²) in [5.41, 5.74) is 7.31. The third kappa shape index (κ3) is 4.44. The molecule has 0 saturated carbocycles. The topological polar surface area (TPSA) is 101 Å². The standard InChI is InChI=1S/C17H24N2O5/c1-4-5-14-17(23-11(3)21)16(22-10(2)20)8-15(24-14)12-6-7-19-9-13(12)18/h6-7,9,14-17H,4-5,8,18H2,1-3H3/t14-,15-,16-,17-/m1/s1. The predicted octanol–water partition coefficient (Wildman–Crippen LogP) is 2.16. The van der Waals surface area contributed by atoms with Gasteiger partial charge in [-0.25, -0.2) is 0 Å². The van der Waals surface area contributed by atoms with Crippen LogP contribution in [0.15, 0.2) is 18.5 Å². The fourth-order valence-electron chi connectivity index (χ4n) is 3.03. The third-order valence-corrected chi connectivity index (χ3v) is 3.94. The molecule has 7 heteroatoms. The van der Waals surface area contributed by atoms with Gasteiger partial charge in [0, 0.05) is 32.0 Å². The fraction of sp³-hybridized carbons (Fsp3) is 0.588. The van der Waals surface area contributed by atoms with Crippen LogP contribution in [0.25, 0.3) is 0 Å². The minimum atomic E-state index is -0.620. The number of nitrogens with two attached hydrogens (primary N) is 1. The van der Waals surface area contributed by atoms with Crippen molar-refractivity contribution in [3.63, 3.8) is 0 Å². The summed E-state index contributed by atoms with van der Waals surface area (Å²) in [5.74, 6) is -0.848. The zero-order valence-corrected chi connectivity index (χ0v) is 14.2. The second-order valence-corrected chi connectivity index (χ2v) is 5.91. The minimum Gasteiger partial charge on any atom is -0.458 e. The summed E-state index contributed by atoms with van der Waals surface area (Å²) in [5, 5.41) is 0. The molecule has 0 amide bonds. The molecule has 2 rings (SSSR count). The number of aromatic nitrogens is 1. The Labute approximate surface area is 141 Å². The Bertz CT molecular complexity index is 592. The molecule has 24 heavy (non-hydrogen) atoms. The number of rotatable bonds is 5. The van der Waals surface area contributed by atoms with Crippen molar-refractivity contribution in [1.29, 1.82) is 0 Å². The largest absolute Gasteiger partial charge is 0.458 e. The first-order valence-electron chi connectivity index (χ1n) is 8.11. The Morgan fingerprint density at radius 1 is 1.33 bits per heavy atom. The summed E-state index contributed by atoms with van der Waals surface area (Å²) in [6, 6.07) is 1.79. The molecule has 1 aliphatic heterocycles. The molecule has 2 heterocycles. The van der Waals surface area contributed by atoms with E-state index in [2.05, 4.69) is 4.98 Å². The van der Waals surface area contributed by atoms with Gasteiger partial charge in [-0.2, -0.15) is 0 Å². The van der Waals surface area contributed by atoms with Gasteiger partial charge in [0.2, 0.25) is 0 Å². The highest BCUT2D eigenvalue weighted by Crippen LogP contribution is 2.38. The number of nitrogen functional groups attached to an aromatic ring is 1. The van der Waals surface area contributed by atoms with Crippen LogP contribution in [-0.2, 0) is 23.8 Å². The average molecular weight is 336 g/mol. The summed E-state index contributed by atoms with van der Waals surface area (Å²) in [6.45, 7) is 4.69. The number of esters is 2. The van der Waals surface area contributed by atoms with Crippen LogP contribution in [0, 0.1) is 0 Å². The molecule has 2 N–H and O–H groups in total. The van der Waals surface area contributed by atoms with Gasteiger partial charge in [-0.05, 0) is 12.5 Å². The molecule has 0 radical (unpaired) electrons. The van der Waals surface area contributed by atoms with E-state index < -0.39 is 24.1 Å². The minimum absolute atomic E-state index is 0.347. The molecule has 0 unspecified atom stereocenters. The zero-order valence-electron chi connectivity index (χ0n) is 14.2. The van der Waals surface area contributed by atoms with Crippen LogP contribution in [0.4, 0.5) is 5.69 Å². The van der Waals surface area contributed by atoms with E-state index in [0.29, 0.717) is 18.5 Å². The maximum atomic E-state index is 11.5. The van der Waals surface area contributed by atoms with E-state index in [0.717, 1.165) is 12.0 Å². The summed E-state index contributed by atoms with van der Waals surface area (Å²) in [7, 11) is 0. The van der Waals surface area contributed by atoms with Crippen LogP contribution < -0.4 is 5.73 Å². The first kappa shape index (κ1) is 18.2. The molecule has 4 atom stereocenters. The van der Waals surface area contributed by atoms with Crippen LogP contribution in [0.1, 0.15) is 51.7 Å². The number of pyridine rings is 1. The second-order valence-electron chi connectivity index (χ2n) is 5.91. The number of hydrogen-bond acceptors (Lipinski definition) is 7. The Hall–Kier alpha value is -2.15. The van der Waals surface area contributed by atoms with Gasteiger partial charge in [-0.3, -0.25) is 14.6 Å². The molecule has 7 nitrogen and oxygen atoms in total. The van der Waals surface area contributed by atoms with Crippen molar-refractivity contribution >= 4 is 17.6 Å². The van der Waals surface area contributed by atoms with E-state index in [4.69, 9.17) is 19.9 Å².